The van der Waals surface area contributed by atoms with Crippen molar-refractivity contribution in [2.24, 2.45) is 5.73 Å². The first-order chi connectivity index (χ1) is 8.58. The van der Waals surface area contributed by atoms with Crippen LogP contribution in [-0.2, 0) is 0 Å². The normalized spacial score (nSPS) is 10.1. The Kier molecular flexibility index (Phi) is 3.58. The molecule has 0 bridgehead atoms. The molecule has 92 valence electrons. The van der Waals surface area contributed by atoms with Crippen LogP contribution in [0, 0.1) is 12.7 Å². The predicted octanol–water partition coefficient (Wildman–Crippen LogP) is 3.56. The van der Waals surface area contributed by atoms with E-state index in [1.807, 2.05) is 19.1 Å². The summed E-state index contributed by atoms with van der Waals surface area (Å²) in [6, 6.07) is 11.4. The fourth-order valence-corrected chi connectivity index (χ4v) is 1.76. The van der Waals surface area contributed by atoms with E-state index in [1.54, 1.807) is 18.2 Å². The molecule has 4 heteroatoms. The number of halogens is 1. The Morgan fingerprint density at radius 1 is 1.17 bits per heavy atom. The van der Waals surface area contributed by atoms with Crippen LogP contribution in [0.4, 0.5) is 4.39 Å². The number of nitrogens with two attached hydrogens (primary N) is 1. The first-order valence-corrected chi connectivity index (χ1v) is 5.81. The van der Waals surface area contributed by atoms with E-state index < -0.39 is 0 Å². The third kappa shape index (κ3) is 2.65. The lowest BCUT2D eigenvalue weighted by Gasteiger charge is -2.12. The van der Waals surface area contributed by atoms with E-state index in [1.165, 1.54) is 12.1 Å². The molecule has 0 spiro atoms. The number of hydrogen-bond acceptors (Lipinski definition) is 2. The maximum atomic E-state index is 12.8. The van der Waals surface area contributed by atoms with Gasteiger partial charge < -0.3 is 10.5 Å². The molecule has 0 saturated heterocycles. The van der Waals surface area contributed by atoms with Crippen molar-refractivity contribution in [2.45, 2.75) is 6.92 Å². The smallest absolute Gasteiger partial charge is 0.140 e. The van der Waals surface area contributed by atoms with Crippen LogP contribution in [0.1, 0.15) is 11.1 Å². The van der Waals surface area contributed by atoms with E-state index in [9.17, 15) is 4.39 Å². The first kappa shape index (κ1) is 12.5. The third-order valence-electron chi connectivity index (χ3n) is 2.51. The maximum Gasteiger partial charge on any atom is 0.140 e. The fourth-order valence-electron chi connectivity index (χ4n) is 1.60. The number of ether oxygens (including phenoxy) is 1. The Hall–Kier alpha value is -1.94. The minimum Gasteiger partial charge on any atom is -0.456 e. The maximum absolute atomic E-state index is 12.8. The van der Waals surface area contributed by atoms with Crippen molar-refractivity contribution >= 4 is 17.2 Å². The summed E-state index contributed by atoms with van der Waals surface area (Å²) in [4.78, 5) is 0.274. The van der Waals surface area contributed by atoms with E-state index in [0.717, 1.165) is 5.56 Å². The van der Waals surface area contributed by atoms with Crippen LogP contribution in [0.25, 0.3) is 0 Å². The zero-order valence-corrected chi connectivity index (χ0v) is 10.6. The van der Waals surface area contributed by atoms with Gasteiger partial charge in [-0.15, -0.1) is 0 Å². The summed E-state index contributed by atoms with van der Waals surface area (Å²) >= 11 is 4.98. The largest absolute Gasteiger partial charge is 0.456 e. The van der Waals surface area contributed by atoms with Crippen molar-refractivity contribution in [1.82, 2.24) is 0 Å². The van der Waals surface area contributed by atoms with E-state index in [4.69, 9.17) is 22.7 Å². The number of benzene rings is 2. The van der Waals surface area contributed by atoms with Crippen molar-refractivity contribution < 1.29 is 9.13 Å². The van der Waals surface area contributed by atoms with Crippen LogP contribution in [0.2, 0.25) is 0 Å². The zero-order valence-electron chi connectivity index (χ0n) is 9.81. The average Bonchev–Trinajstić information content (AvgIpc) is 2.34. The van der Waals surface area contributed by atoms with Gasteiger partial charge in [-0.2, -0.15) is 0 Å². The molecule has 18 heavy (non-hydrogen) atoms. The Morgan fingerprint density at radius 2 is 1.83 bits per heavy atom. The quantitative estimate of drug-likeness (QED) is 0.858. The molecule has 2 nitrogen and oxygen atoms in total. The second-order valence-corrected chi connectivity index (χ2v) is 4.31. The molecule has 2 rings (SSSR count). The minimum atomic E-state index is -0.304. The number of para-hydroxylation sites is 1. The molecule has 0 aromatic heterocycles. The van der Waals surface area contributed by atoms with Gasteiger partial charge >= 0.3 is 0 Å². The molecule has 0 unspecified atom stereocenters. The Morgan fingerprint density at radius 3 is 2.44 bits per heavy atom. The summed E-state index contributed by atoms with van der Waals surface area (Å²) in [6.45, 7) is 1.90. The lowest BCUT2D eigenvalue weighted by molar-refractivity contribution is 0.476. The molecular formula is C14H12FNOS. The summed E-state index contributed by atoms with van der Waals surface area (Å²) in [5.74, 6) is 0.849. The van der Waals surface area contributed by atoms with Crippen LogP contribution >= 0.6 is 12.2 Å². The van der Waals surface area contributed by atoms with Gasteiger partial charge in [0.25, 0.3) is 0 Å². The molecule has 2 aromatic carbocycles. The van der Waals surface area contributed by atoms with Crippen molar-refractivity contribution in [1.29, 1.82) is 0 Å². The SMILES string of the molecule is Cc1cccc(C(N)=S)c1Oc1ccc(F)cc1. The molecule has 0 atom stereocenters. The number of thiocarbonyl (C=S) groups is 1. The first-order valence-electron chi connectivity index (χ1n) is 5.41. The number of aryl methyl sites for hydroxylation is 1. The minimum absolute atomic E-state index is 0.274. The van der Waals surface area contributed by atoms with Gasteiger partial charge in [0.15, 0.2) is 0 Å². The molecule has 0 aliphatic rings. The second kappa shape index (κ2) is 5.14. The molecule has 0 fully saturated rings. The summed E-state index contributed by atoms with van der Waals surface area (Å²) < 4.78 is 18.5. The van der Waals surface area contributed by atoms with E-state index >= 15 is 0 Å². The summed E-state index contributed by atoms with van der Waals surface area (Å²) in [6.07, 6.45) is 0. The molecule has 0 aliphatic heterocycles. The van der Waals surface area contributed by atoms with Gasteiger partial charge in [-0.1, -0.05) is 24.4 Å². The van der Waals surface area contributed by atoms with Gasteiger partial charge in [-0.05, 0) is 42.8 Å². The van der Waals surface area contributed by atoms with Crippen LogP contribution in [0.15, 0.2) is 42.5 Å². The predicted molar refractivity (Wildman–Crippen MR) is 73.5 cm³/mol. The lowest BCUT2D eigenvalue weighted by Crippen LogP contribution is -2.11. The highest BCUT2D eigenvalue weighted by Crippen LogP contribution is 2.29. The Bertz CT molecular complexity index is 581. The van der Waals surface area contributed by atoms with Gasteiger partial charge in [0.05, 0.1) is 5.56 Å². The Labute approximate surface area is 110 Å². The van der Waals surface area contributed by atoms with Crippen LogP contribution in [0.3, 0.4) is 0 Å². The average molecular weight is 261 g/mol. The highest BCUT2D eigenvalue weighted by molar-refractivity contribution is 7.80. The van der Waals surface area contributed by atoms with Gasteiger partial charge in [-0.25, -0.2) is 4.39 Å². The van der Waals surface area contributed by atoms with Gasteiger partial charge in [0, 0.05) is 0 Å². The number of rotatable bonds is 3. The monoisotopic (exact) mass is 261 g/mol. The fraction of sp³-hybridized carbons (Fsp3) is 0.0714. The summed E-state index contributed by atoms with van der Waals surface area (Å²) in [5.41, 5.74) is 7.25. The van der Waals surface area contributed by atoms with Crippen LogP contribution < -0.4 is 10.5 Å². The molecule has 0 aliphatic carbocycles. The Balaban J connectivity index is 2.39. The van der Waals surface area contributed by atoms with Crippen LogP contribution in [0.5, 0.6) is 11.5 Å². The molecule has 0 heterocycles. The van der Waals surface area contributed by atoms with E-state index in [0.29, 0.717) is 17.1 Å². The highest BCUT2D eigenvalue weighted by atomic mass is 32.1. The lowest BCUT2D eigenvalue weighted by atomic mass is 10.1. The zero-order chi connectivity index (χ0) is 13.1. The van der Waals surface area contributed by atoms with Crippen molar-refractivity contribution in [3.8, 4) is 11.5 Å². The van der Waals surface area contributed by atoms with E-state index in [-0.39, 0.29) is 10.8 Å². The summed E-state index contributed by atoms with van der Waals surface area (Å²) in [7, 11) is 0. The standard InChI is InChI=1S/C14H12FNOS/c1-9-3-2-4-12(14(16)18)13(9)17-11-7-5-10(15)6-8-11/h2-8H,1H3,(H2,16,18). The highest BCUT2D eigenvalue weighted by Gasteiger charge is 2.10. The van der Waals surface area contributed by atoms with Crippen molar-refractivity contribution in [3.63, 3.8) is 0 Å². The van der Waals surface area contributed by atoms with Crippen LogP contribution in [-0.4, -0.2) is 4.99 Å². The topological polar surface area (TPSA) is 35.2 Å². The molecule has 0 radical (unpaired) electrons. The van der Waals surface area contributed by atoms with Crippen molar-refractivity contribution in [2.75, 3.05) is 0 Å². The molecule has 0 amide bonds. The molecule has 2 N–H and O–H groups in total. The van der Waals surface area contributed by atoms with Gasteiger partial charge in [-0.3, -0.25) is 0 Å². The van der Waals surface area contributed by atoms with Gasteiger partial charge in [0.2, 0.25) is 0 Å². The van der Waals surface area contributed by atoms with Crippen molar-refractivity contribution in [3.05, 3.63) is 59.4 Å². The number of hydrogen-bond donors (Lipinski definition) is 1. The van der Waals surface area contributed by atoms with Gasteiger partial charge in [0.1, 0.15) is 22.3 Å². The van der Waals surface area contributed by atoms with E-state index in [2.05, 4.69) is 0 Å². The second-order valence-electron chi connectivity index (χ2n) is 3.87. The molecule has 0 saturated carbocycles. The molecular weight excluding hydrogens is 249 g/mol. The third-order valence-corrected chi connectivity index (χ3v) is 2.73. The molecule has 2 aromatic rings. The summed E-state index contributed by atoms with van der Waals surface area (Å²) in [5, 5.41) is 0.